The van der Waals surface area contributed by atoms with E-state index in [0.717, 1.165) is 26.1 Å². The van der Waals surface area contributed by atoms with Crippen LogP contribution in [0.3, 0.4) is 0 Å². The zero-order chi connectivity index (χ0) is 7.61. The molecular weight excluding hydrogens is 126 g/mol. The van der Waals surface area contributed by atoms with Crippen LogP contribution < -0.4 is 0 Å². The predicted molar refractivity (Wildman–Crippen MR) is 40.5 cm³/mol. The molecule has 0 aromatic heterocycles. The lowest BCUT2D eigenvalue weighted by molar-refractivity contribution is -0.0819. The first-order valence-corrected chi connectivity index (χ1v) is 3.52. The second-order valence-electron chi connectivity index (χ2n) is 3.16. The lowest BCUT2D eigenvalue weighted by atomic mass is 9.97. The van der Waals surface area contributed by atoms with Crippen molar-refractivity contribution in [3.63, 3.8) is 0 Å². The second-order valence-corrected chi connectivity index (χ2v) is 3.16. The van der Waals surface area contributed by atoms with Gasteiger partial charge in [-0.1, -0.05) is 0 Å². The van der Waals surface area contributed by atoms with Gasteiger partial charge >= 0.3 is 0 Å². The summed E-state index contributed by atoms with van der Waals surface area (Å²) in [6.07, 6.45) is 5.87. The molecule has 1 N–H and O–H groups in total. The molecule has 0 aromatic carbocycles. The summed E-state index contributed by atoms with van der Waals surface area (Å²) in [5.74, 6) is 2.57. The molecule has 1 saturated heterocycles. The monoisotopic (exact) mass is 139 g/mol. The highest BCUT2D eigenvalue weighted by Crippen LogP contribution is 2.18. The molecule has 2 nitrogen and oxygen atoms in total. The van der Waals surface area contributed by atoms with Gasteiger partial charge < -0.3 is 5.11 Å². The number of nitrogens with zero attached hydrogens (tertiary/aromatic N) is 1. The molecule has 1 rings (SSSR count). The van der Waals surface area contributed by atoms with E-state index in [-0.39, 0.29) is 0 Å². The van der Waals surface area contributed by atoms with Crippen molar-refractivity contribution in [2.45, 2.75) is 18.9 Å². The molecule has 0 bridgehead atoms. The summed E-state index contributed by atoms with van der Waals surface area (Å²) in [5.41, 5.74) is -0.450. The Kier molecular flexibility index (Phi) is 1.98. The summed E-state index contributed by atoms with van der Waals surface area (Å²) in [6.45, 7) is 4.31. The molecule has 0 spiro atoms. The zero-order valence-corrected chi connectivity index (χ0v) is 6.30. The average Bonchev–Trinajstić information content (AvgIpc) is 1.78. The fourth-order valence-electron chi connectivity index (χ4n) is 1.30. The van der Waals surface area contributed by atoms with Gasteiger partial charge in [0, 0.05) is 26.1 Å². The summed E-state index contributed by atoms with van der Waals surface area (Å²) < 4.78 is 0. The van der Waals surface area contributed by atoms with E-state index in [9.17, 15) is 5.11 Å². The molecule has 2 heteroatoms. The molecule has 1 aliphatic heterocycles. The standard InChI is InChI=1S/C8H13NO/c1-3-4-5-9-6-8(2,10)7-9/h1,10H,4-7H2,2H3. The van der Waals surface area contributed by atoms with Crippen molar-refractivity contribution in [3.8, 4) is 12.3 Å². The molecule has 0 atom stereocenters. The highest BCUT2D eigenvalue weighted by atomic mass is 16.3. The molecule has 1 fully saturated rings. The van der Waals surface area contributed by atoms with Gasteiger partial charge in [-0.3, -0.25) is 4.90 Å². The average molecular weight is 139 g/mol. The number of β-amino-alcohol motifs (C(OH)–C–C–N with tert-alkyl or cyclic N) is 1. The number of hydrogen-bond acceptors (Lipinski definition) is 2. The van der Waals surface area contributed by atoms with Crippen LogP contribution in [0, 0.1) is 12.3 Å². The third kappa shape index (κ3) is 1.73. The fraction of sp³-hybridized carbons (Fsp3) is 0.750. The van der Waals surface area contributed by atoms with Crippen LogP contribution in [0.15, 0.2) is 0 Å². The SMILES string of the molecule is C#CCCN1CC(C)(O)C1. The van der Waals surface area contributed by atoms with Gasteiger partial charge in [0.25, 0.3) is 0 Å². The molecular formula is C8H13NO. The van der Waals surface area contributed by atoms with E-state index in [1.54, 1.807) is 0 Å². The van der Waals surface area contributed by atoms with Gasteiger partial charge in [-0.05, 0) is 6.92 Å². The molecule has 56 valence electrons. The zero-order valence-electron chi connectivity index (χ0n) is 6.30. The minimum absolute atomic E-state index is 0.450. The van der Waals surface area contributed by atoms with E-state index >= 15 is 0 Å². The third-order valence-corrected chi connectivity index (χ3v) is 1.70. The van der Waals surface area contributed by atoms with Crippen molar-refractivity contribution in [2.24, 2.45) is 0 Å². The van der Waals surface area contributed by atoms with Crippen LogP contribution in [-0.4, -0.2) is 35.2 Å². The van der Waals surface area contributed by atoms with Crippen molar-refractivity contribution in [1.29, 1.82) is 0 Å². The third-order valence-electron chi connectivity index (χ3n) is 1.70. The lowest BCUT2D eigenvalue weighted by Gasteiger charge is -2.44. The maximum absolute atomic E-state index is 9.29. The van der Waals surface area contributed by atoms with E-state index in [4.69, 9.17) is 6.42 Å². The maximum Gasteiger partial charge on any atom is 0.0872 e. The van der Waals surface area contributed by atoms with Crippen molar-refractivity contribution < 1.29 is 5.11 Å². The van der Waals surface area contributed by atoms with Crippen LogP contribution in [0.2, 0.25) is 0 Å². The quantitative estimate of drug-likeness (QED) is 0.547. The number of hydrogen-bond donors (Lipinski definition) is 1. The normalized spacial score (nSPS) is 23.3. The van der Waals surface area contributed by atoms with E-state index in [1.165, 1.54) is 0 Å². The van der Waals surface area contributed by atoms with E-state index in [0.29, 0.717) is 0 Å². The van der Waals surface area contributed by atoms with Crippen LogP contribution in [0.25, 0.3) is 0 Å². The first-order valence-electron chi connectivity index (χ1n) is 3.52. The van der Waals surface area contributed by atoms with Crippen molar-refractivity contribution in [2.75, 3.05) is 19.6 Å². The molecule has 10 heavy (non-hydrogen) atoms. The number of likely N-dealkylation sites (tertiary alicyclic amines) is 1. The Morgan fingerprint density at radius 3 is 2.70 bits per heavy atom. The van der Waals surface area contributed by atoms with E-state index in [1.807, 2.05) is 6.92 Å². The van der Waals surface area contributed by atoms with Gasteiger partial charge in [0.2, 0.25) is 0 Å². The molecule has 1 aliphatic rings. The Bertz CT molecular complexity index is 149. The Morgan fingerprint density at radius 2 is 2.30 bits per heavy atom. The smallest absolute Gasteiger partial charge is 0.0872 e. The Hall–Kier alpha value is -0.520. The summed E-state index contributed by atoms with van der Waals surface area (Å²) >= 11 is 0. The van der Waals surface area contributed by atoms with Crippen LogP contribution in [0.4, 0.5) is 0 Å². The minimum Gasteiger partial charge on any atom is -0.388 e. The van der Waals surface area contributed by atoms with Crippen LogP contribution in [0.5, 0.6) is 0 Å². The largest absolute Gasteiger partial charge is 0.388 e. The van der Waals surface area contributed by atoms with Crippen molar-refractivity contribution >= 4 is 0 Å². The van der Waals surface area contributed by atoms with Gasteiger partial charge in [-0.25, -0.2) is 0 Å². The Balaban J connectivity index is 2.10. The highest BCUT2D eigenvalue weighted by Gasteiger charge is 2.35. The van der Waals surface area contributed by atoms with Crippen LogP contribution >= 0.6 is 0 Å². The summed E-state index contributed by atoms with van der Waals surface area (Å²) in [5, 5.41) is 9.29. The van der Waals surface area contributed by atoms with Gasteiger partial charge in [0.05, 0.1) is 5.60 Å². The van der Waals surface area contributed by atoms with E-state index in [2.05, 4.69) is 10.8 Å². The minimum atomic E-state index is -0.450. The molecule has 0 unspecified atom stereocenters. The van der Waals surface area contributed by atoms with Crippen LogP contribution in [-0.2, 0) is 0 Å². The van der Waals surface area contributed by atoms with Gasteiger partial charge in [-0.15, -0.1) is 12.3 Å². The lowest BCUT2D eigenvalue weighted by Crippen LogP contribution is -2.59. The maximum atomic E-state index is 9.29. The second kappa shape index (κ2) is 2.61. The molecule has 1 heterocycles. The number of aliphatic hydroxyl groups is 1. The van der Waals surface area contributed by atoms with Crippen molar-refractivity contribution in [3.05, 3.63) is 0 Å². The summed E-state index contributed by atoms with van der Waals surface area (Å²) in [4.78, 5) is 2.15. The topological polar surface area (TPSA) is 23.5 Å². The molecule has 0 amide bonds. The van der Waals surface area contributed by atoms with Crippen molar-refractivity contribution in [1.82, 2.24) is 4.90 Å². The molecule has 0 radical (unpaired) electrons. The van der Waals surface area contributed by atoms with Gasteiger partial charge in [0.1, 0.15) is 0 Å². The molecule has 0 aliphatic carbocycles. The fourth-order valence-corrected chi connectivity index (χ4v) is 1.30. The summed E-state index contributed by atoms with van der Waals surface area (Å²) in [7, 11) is 0. The molecule has 0 saturated carbocycles. The molecule has 0 aromatic rings. The first kappa shape index (κ1) is 7.59. The van der Waals surface area contributed by atoms with Gasteiger partial charge in [0.15, 0.2) is 0 Å². The van der Waals surface area contributed by atoms with E-state index < -0.39 is 5.60 Å². The number of rotatable bonds is 2. The number of terminal acetylenes is 1. The first-order chi connectivity index (χ1) is 4.64. The van der Waals surface area contributed by atoms with Gasteiger partial charge in [-0.2, -0.15) is 0 Å². The Morgan fingerprint density at radius 1 is 1.70 bits per heavy atom. The van der Waals surface area contributed by atoms with Crippen LogP contribution in [0.1, 0.15) is 13.3 Å². The predicted octanol–water partition coefficient (Wildman–Crippen LogP) is 0.0763. The summed E-state index contributed by atoms with van der Waals surface area (Å²) in [6, 6.07) is 0. The highest BCUT2D eigenvalue weighted by molar-refractivity contribution is 4.94. The Labute approximate surface area is 61.8 Å².